The number of benzene rings is 1. The van der Waals surface area contributed by atoms with Crippen LogP contribution < -0.4 is 10.6 Å². The monoisotopic (exact) mass is 383 g/mol. The molecule has 0 radical (unpaired) electrons. The first-order valence-electron chi connectivity index (χ1n) is 10.4. The molecule has 152 valence electrons. The Labute approximate surface area is 168 Å². The van der Waals surface area contributed by atoms with E-state index in [1.807, 2.05) is 19.1 Å². The van der Waals surface area contributed by atoms with Crippen LogP contribution in [0.5, 0.6) is 0 Å². The summed E-state index contributed by atoms with van der Waals surface area (Å²) in [5, 5.41) is 6.80. The normalized spacial score (nSPS) is 21.4. The highest BCUT2D eigenvalue weighted by molar-refractivity contribution is 5.80. The Balaban J connectivity index is 1.68. The molecule has 1 saturated heterocycles. The third kappa shape index (κ3) is 5.38. The molecule has 3 unspecified atom stereocenters. The molecule has 2 aromatic rings. The molecule has 0 spiro atoms. The van der Waals surface area contributed by atoms with E-state index >= 15 is 0 Å². The summed E-state index contributed by atoms with van der Waals surface area (Å²) in [5.74, 6) is 3.04. The number of aliphatic imine (C=N–C) groups is 1. The van der Waals surface area contributed by atoms with E-state index in [1.54, 1.807) is 0 Å². The first-order chi connectivity index (χ1) is 13.6. The minimum atomic E-state index is 0.0574. The van der Waals surface area contributed by atoms with Crippen molar-refractivity contribution < 1.29 is 9.15 Å². The summed E-state index contributed by atoms with van der Waals surface area (Å²) < 4.78 is 11.9. The average molecular weight is 384 g/mol. The minimum Gasteiger partial charge on any atom is -0.464 e. The highest BCUT2D eigenvalue weighted by Crippen LogP contribution is 2.34. The SMILES string of the molecule is CCNC(=NCC1CCCOC1c1ccc(C)cc1)NC(C)c1ccc(C)o1. The van der Waals surface area contributed by atoms with Crippen molar-refractivity contribution in [2.45, 2.75) is 52.7 Å². The molecule has 28 heavy (non-hydrogen) atoms. The Hall–Kier alpha value is -2.27. The van der Waals surface area contributed by atoms with Crippen molar-refractivity contribution in [1.29, 1.82) is 0 Å². The molecule has 0 bridgehead atoms. The van der Waals surface area contributed by atoms with Crippen LogP contribution in [0.25, 0.3) is 0 Å². The van der Waals surface area contributed by atoms with Crippen molar-refractivity contribution in [3.63, 3.8) is 0 Å². The van der Waals surface area contributed by atoms with Crippen LogP contribution in [0.15, 0.2) is 45.8 Å². The maximum Gasteiger partial charge on any atom is 0.191 e. The van der Waals surface area contributed by atoms with Gasteiger partial charge in [-0.15, -0.1) is 0 Å². The van der Waals surface area contributed by atoms with Crippen molar-refractivity contribution in [3.8, 4) is 0 Å². The predicted molar refractivity (Wildman–Crippen MR) is 114 cm³/mol. The standard InChI is InChI=1S/C23H33N3O2/c1-5-24-23(26-18(4)21-13-10-17(3)28-21)25-15-20-7-6-14-27-22(20)19-11-8-16(2)9-12-19/h8-13,18,20,22H,5-7,14-15H2,1-4H3,(H2,24,25,26). The van der Waals surface area contributed by atoms with Gasteiger partial charge in [-0.05, 0) is 58.2 Å². The smallest absolute Gasteiger partial charge is 0.191 e. The van der Waals surface area contributed by atoms with Crippen LogP contribution in [0.1, 0.15) is 61.5 Å². The molecule has 1 fully saturated rings. The van der Waals surface area contributed by atoms with Gasteiger partial charge in [0.25, 0.3) is 0 Å². The number of aryl methyl sites for hydroxylation is 2. The second kappa shape index (κ2) is 9.78. The summed E-state index contributed by atoms with van der Waals surface area (Å²) in [6, 6.07) is 12.8. The van der Waals surface area contributed by atoms with Gasteiger partial charge in [0.1, 0.15) is 11.5 Å². The van der Waals surface area contributed by atoms with Crippen molar-refractivity contribution in [2.75, 3.05) is 19.7 Å². The highest BCUT2D eigenvalue weighted by atomic mass is 16.5. The van der Waals surface area contributed by atoms with E-state index in [2.05, 4.69) is 55.7 Å². The number of nitrogens with zero attached hydrogens (tertiary/aromatic N) is 1. The second-order valence-corrected chi connectivity index (χ2v) is 7.64. The Morgan fingerprint density at radius 3 is 2.64 bits per heavy atom. The lowest BCUT2D eigenvalue weighted by molar-refractivity contribution is -0.0250. The number of nitrogens with one attached hydrogen (secondary N) is 2. The molecule has 0 aliphatic carbocycles. The molecule has 2 N–H and O–H groups in total. The Morgan fingerprint density at radius 2 is 1.96 bits per heavy atom. The zero-order chi connectivity index (χ0) is 19.9. The van der Waals surface area contributed by atoms with Crippen LogP contribution in [0, 0.1) is 19.8 Å². The molecular weight excluding hydrogens is 350 g/mol. The Bertz CT molecular complexity index is 766. The number of guanidine groups is 1. The van der Waals surface area contributed by atoms with Gasteiger partial charge in [-0.2, -0.15) is 0 Å². The number of furan rings is 1. The molecule has 3 atom stereocenters. The summed E-state index contributed by atoms with van der Waals surface area (Å²) in [7, 11) is 0. The number of hydrogen-bond donors (Lipinski definition) is 2. The van der Waals surface area contributed by atoms with E-state index < -0.39 is 0 Å². The lowest BCUT2D eigenvalue weighted by Crippen LogP contribution is -2.39. The molecule has 0 saturated carbocycles. The maximum atomic E-state index is 6.14. The van der Waals surface area contributed by atoms with Gasteiger partial charge in [0.2, 0.25) is 0 Å². The molecule has 0 amide bonds. The lowest BCUT2D eigenvalue weighted by Gasteiger charge is -2.31. The summed E-state index contributed by atoms with van der Waals surface area (Å²) in [5.41, 5.74) is 2.53. The quantitative estimate of drug-likeness (QED) is 0.562. The van der Waals surface area contributed by atoms with Crippen molar-refractivity contribution >= 4 is 5.96 Å². The van der Waals surface area contributed by atoms with Gasteiger partial charge in [-0.3, -0.25) is 4.99 Å². The van der Waals surface area contributed by atoms with Gasteiger partial charge in [-0.25, -0.2) is 0 Å². The van der Waals surface area contributed by atoms with Crippen molar-refractivity contribution in [3.05, 3.63) is 59.0 Å². The summed E-state index contributed by atoms with van der Waals surface area (Å²) in [4.78, 5) is 4.88. The summed E-state index contributed by atoms with van der Waals surface area (Å²) in [6.45, 7) is 10.6. The van der Waals surface area contributed by atoms with Gasteiger partial charge in [0.05, 0.1) is 12.1 Å². The van der Waals surface area contributed by atoms with Gasteiger partial charge >= 0.3 is 0 Å². The van der Waals surface area contributed by atoms with Crippen LogP contribution in [-0.4, -0.2) is 25.7 Å². The average Bonchev–Trinajstić information content (AvgIpc) is 3.14. The second-order valence-electron chi connectivity index (χ2n) is 7.64. The molecule has 1 aromatic heterocycles. The Morgan fingerprint density at radius 1 is 1.18 bits per heavy atom. The van der Waals surface area contributed by atoms with Crippen molar-refractivity contribution in [1.82, 2.24) is 10.6 Å². The van der Waals surface area contributed by atoms with Crippen molar-refractivity contribution in [2.24, 2.45) is 10.9 Å². The molecule has 5 heteroatoms. The molecule has 3 rings (SSSR count). The zero-order valence-electron chi connectivity index (χ0n) is 17.5. The highest BCUT2D eigenvalue weighted by Gasteiger charge is 2.27. The predicted octanol–water partition coefficient (Wildman–Crippen LogP) is 4.68. The van der Waals surface area contributed by atoms with Crippen LogP contribution in [-0.2, 0) is 4.74 Å². The molecular formula is C23H33N3O2. The molecule has 2 heterocycles. The number of hydrogen-bond acceptors (Lipinski definition) is 3. The zero-order valence-corrected chi connectivity index (χ0v) is 17.5. The lowest BCUT2D eigenvalue weighted by atomic mass is 9.89. The van der Waals surface area contributed by atoms with E-state index in [4.69, 9.17) is 14.1 Å². The topological polar surface area (TPSA) is 58.8 Å². The summed E-state index contributed by atoms with van der Waals surface area (Å²) >= 11 is 0. The first kappa shape index (κ1) is 20.5. The van der Waals surface area contributed by atoms with E-state index in [-0.39, 0.29) is 12.1 Å². The third-order valence-corrected chi connectivity index (χ3v) is 5.22. The van der Waals surface area contributed by atoms with Crippen LogP contribution in [0.2, 0.25) is 0 Å². The molecule has 1 aliphatic heterocycles. The molecule has 5 nitrogen and oxygen atoms in total. The van der Waals surface area contributed by atoms with E-state index in [9.17, 15) is 0 Å². The van der Waals surface area contributed by atoms with Gasteiger partial charge in [0, 0.05) is 25.6 Å². The van der Waals surface area contributed by atoms with E-state index in [0.29, 0.717) is 5.92 Å². The van der Waals surface area contributed by atoms with Crippen LogP contribution in [0.3, 0.4) is 0 Å². The third-order valence-electron chi connectivity index (χ3n) is 5.22. The fourth-order valence-corrected chi connectivity index (χ4v) is 3.65. The van der Waals surface area contributed by atoms with Crippen LogP contribution >= 0.6 is 0 Å². The first-order valence-corrected chi connectivity index (χ1v) is 10.4. The maximum absolute atomic E-state index is 6.14. The largest absolute Gasteiger partial charge is 0.464 e. The number of rotatable bonds is 6. The fourth-order valence-electron chi connectivity index (χ4n) is 3.65. The molecule has 1 aromatic carbocycles. The minimum absolute atomic E-state index is 0.0574. The van der Waals surface area contributed by atoms with Crippen LogP contribution in [0.4, 0.5) is 0 Å². The van der Waals surface area contributed by atoms with E-state index in [0.717, 1.165) is 50.0 Å². The fraction of sp³-hybridized carbons (Fsp3) is 0.522. The summed E-state index contributed by atoms with van der Waals surface area (Å²) in [6.07, 6.45) is 2.34. The number of ether oxygens (including phenoxy) is 1. The van der Waals surface area contributed by atoms with Gasteiger partial charge in [-0.1, -0.05) is 29.8 Å². The Kier molecular flexibility index (Phi) is 7.15. The van der Waals surface area contributed by atoms with E-state index in [1.165, 1.54) is 11.1 Å². The molecule has 1 aliphatic rings. The van der Waals surface area contributed by atoms with Gasteiger partial charge in [0.15, 0.2) is 5.96 Å². The van der Waals surface area contributed by atoms with Gasteiger partial charge < -0.3 is 19.8 Å².